The SMILES string of the molecule is Cn1cc(-c2ccc(F)cc2)cc(C(=O)O)c1=O. The number of aromatic carboxylic acids is 1. The molecule has 0 aliphatic rings. The summed E-state index contributed by atoms with van der Waals surface area (Å²) in [5.41, 5.74) is 0.316. The quantitative estimate of drug-likeness (QED) is 0.881. The van der Waals surface area contributed by atoms with Crippen molar-refractivity contribution in [1.29, 1.82) is 0 Å². The van der Waals surface area contributed by atoms with Crippen LogP contribution < -0.4 is 5.56 Å². The summed E-state index contributed by atoms with van der Waals surface area (Å²) in [6.07, 6.45) is 1.52. The Morgan fingerprint density at radius 3 is 2.39 bits per heavy atom. The lowest BCUT2D eigenvalue weighted by atomic mass is 10.1. The van der Waals surface area contributed by atoms with Gasteiger partial charge < -0.3 is 9.67 Å². The number of aryl methyl sites for hydroxylation is 1. The summed E-state index contributed by atoms with van der Waals surface area (Å²) in [6, 6.07) is 6.90. The van der Waals surface area contributed by atoms with Crippen LogP contribution in [0.1, 0.15) is 10.4 Å². The smallest absolute Gasteiger partial charge is 0.341 e. The van der Waals surface area contributed by atoms with Gasteiger partial charge in [0.2, 0.25) is 0 Å². The van der Waals surface area contributed by atoms with E-state index in [1.165, 1.54) is 48.1 Å². The van der Waals surface area contributed by atoms with Gasteiger partial charge in [-0.3, -0.25) is 4.79 Å². The molecule has 0 saturated heterocycles. The van der Waals surface area contributed by atoms with Crippen molar-refractivity contribution in [3.05, 3.63) is 58.3 Å². The molecule has 4 nitrogen and oxygen atoms in total. The summed E-state index contributed by atoms with van der Waals surface area (Å²) in [6.45, 7) is 0. The molecule has 2 aromatic rings. The molecule has 2 rings (SSSR count). The van der Waals surface area contributed by atoms with E-state index < -0.39 is 11.5 Å². The van der Waals surface area contributed by atoms with Crippen molar-refractivity contribution in [2.75, 3.05) is 0 Å². The fourth-order valence-electron chi connectivity index (χ4n) is 1.67. The molecule has 0 amide bonds. The van der Waals surface area contributed by atoms with Gasteiger partial charge in [-0.2, -0.15) is 0 Å². The molecular formula is C13H10FNO3. The zero-order valence-electron chi connectivity index (χ0n) is 9.55. The monoisotopic (exact) mass is 247 g/mol. The number of hydrogen-bond donors (Lipinski definition) is 1. The maximum atomic E-state index is 12.8. The molecule has 1 aromatic heterocycles. The van der Waals surface area contributed by atoms with Gasteiger partial charge in [-0.15, -0.1) is 0 Å². The minimum atomic E-state index is -1.28. The third-order valence-corrected chi connectivity index (χ3v) is 2.59. The van der Waals surface area contributed by atoms with Crippen LogP contribution in [0.4, 0.5) is 4.39 Å². The Labute approximate surface area is 102 Å². The van der Waals surface area contributed by atoms with Gasteiger partial charge >= 0.3 is 5.97 Å². The summed E-state index contributed by atoms with van der Waals surface area (Å²) in [5.74, 6) is -1.65. The van der Waals surface area contributed by atoms with E-state index in [4.69, 9.17) is 5.11 Å². The Kier molecular flexibility index (Phi) is 2.97. The highest BCUT2D eigenvalue weighted by Gasteiger charge is 2.12. The number of aromatic nitrogens is 1. The maximum Gasteiger partial charge on any atom is 0.341 e. The molecule has 0 aliphatic heterocycles. The first-order valence-electron chi connectivity index (χ1n) is 5.19. The van der Waals surface area contributed by atoms with Crippen molar-refractivity contribution in [1.82, 2.24) is 4.57 Å². The largest absolute Gasteiger partial charge is 0.477 e. The van der Waals surface area contributed by atoms with Crippen LogP contribution >= 0.6 is 0 Å². The van der Waals surface area contributed by atoms with Crippen LogP contribution in [0.5, 0.6) is 0 Å². The predicted octanol–water partition coefficient (Wildman–Crippen LogP) is 1.89. The number of benzene rings is 1. The molecule has 92 valence electrons. The summed E-state index contributed by atoms with van der Waals surface area (Å²) in [4.78, 5) is 22.5. The van der Waals surface area contributed by atoms with E-state index in [0.717, 1.165) is 0 Å². The number of carboxylic acids is 1. The van der Waals surface area contributed by atoms with Gasteiger partial charge in [0.05, 0.1) is 0 Å². The van der Waals surface area contributed by atoms with E-state index in [1.807, 2.05) is 0 Å². The van der Waals surface area contributed by atoms with E-state index >= 15 is 0 Å². The van der Waals surface area contributed by atoms with Crippen molar-refractivity contribution in [2.45, 2.75) is 0 Å². The van der Waals surface area contributed by atoms with Gasteiger partial charge in [-0.1, -0.05) is 12.1 Å². The van der Waals surface area contributed by atoms with Crippen molar-refractivity contribution < 1.29 is 14.3 Å². The third-order valence-electron chi connectivity index (χ3n) is 2.59. The van der Waals surface area contributed by atoms with Gasteiger partial charge in [0.15, 0.2) is 0 Å². The molecular weight excluding hydrogens is 237 g/mol. The number of hydrogen-bond acceptors (Lipinski definition) is 2. The van der Waals surface area contributed by atoms with E-state index in [-0.39, 0.29) is 11.4 Å². The molecule has 1 heterocycles. The summed E-state index contributed by atoms with van der Waals surface area (Å²) in [5, 5.41) is 8.93. The van der Waals surface area contributed by atoms with Gasteiger partial charge in [-0.25, -0.2) is 9.18 Å². The zero-order valence-corrected chi connectivity index (χ0v) is 9.55. The second-order valence-electron chi connectivity index (χ2n) is 3.87. The normalized spacial score (nSPS) is 10.3. The fourth-order valence-corrected chi connectivity index (χ4v) is 1.67. The Morgan fingerprint density at radius 2 is 1.83 bits per heavy atom. The van der Waals surface area contributed by atoms with Crippen LogP contribution in [-0.4, -0.2) is 15.6 Å². The average Bonchev–Trinajstić information content (AvgIpc) is 2.33. The van der Waals surface area contributed by atoms with Crippen LogP contribution in [0.25, 0.3) is 11.1 Å². The number of nitrogens with zero attached hydrogens (tertiary/aromatic N) is 1. The first-order valence-corrected chi connectivity index (χ1v) is 5.19. The molecule has 1 N–H and O–H groups in total. The highest BCUT2D eigenvalue weighted by molar-refractivity contribution is 5.88. The van der Waals surface area contributed by atoms with E-state index in [9.17, 15) is 14.0 Å². The van der Waals surface area contributed by atoms with E-state index in [0.29, 0.717) is 11.1 Å². The zero-order chi connectivity index (χ0) is 13.3. The Balaban J connectivity index is 2.62. The lowest BCUT2D eigenvalue weighted by Gasteiger charge is -2.06. The first kappa shape index (κ1) is 12.0. The molecule has 18 heavy (non-hydrogen) atoms. The lowest BCUT2D eigenvalue weighted by Crippen LogP contribution is -2.23. The van der Waals surface area contributed by atoms with E-state index in [1.54, 1.807) is 0 Å². The second kappa shape index (κ2) is 4.44. The van der Waals surface area contributed by atoms with Gasteiger partial charge in [0.1, 0.15) is 11.4 Å². The molecule has 1 aromatic carbocycles. The van der Waals surface area contributed by atoms with Crippen LogP contribution in [-0.2, 0) is 7.05 Å². The molecule has 0 aliphatic carbocycles. The average molecular weight is 247 g/mol. The van der Waals surface area contributed by atoms with Crippen molar-refractivity contribution in [3.8, 4) is 11.1 Å². The standard InChI is InChI=1S/C13H10FNO3/c1-15-7-9(6-11(12(15)16)13(17)18)8-2-4-10(14)5-3-8/h2-7H,1H3,(H,17,18). The molecule has 5 heteroatoms. The molecule has 0 spiro atoms. The lowest BCUT2D eigenvalue weighted by molar-refractivity contribution is 0.0694. The fraction of sp³-hybridized carbons (Fsp3) is 0.0769. The predicted molar refractivity (Wildman–Crippen MR) is 64.0 cm³/mol. The Bertz CT molecular complexity index is 659. The highest BCUT2D eigenvalue weighted by Crippen LogP contribution is 2.19. The van der Waals surface area contributed by atoms with Crippen molar-refractivity contribution in [2.24, 2.45) is 7.05 Å². The van der Waals surface area contributed by atoms with Gasteiger partial charge in [0, 0.05) is 13.2 Å². The molecule has 0 atom stereocenters. The van der Waals surface area contributed by atoms with Crippen LogP contribution in [0, 0.1) is 5.82 Å². The number of carbonyl (C=O) groups is 1. The van der Waals surface area contributed by atoms with Crippen molar-refractivity contribution in [3.63, 3.8) is 0 Å². The topological polar surface area (TPSA) is 59.3 Å². The minimum Gasteiger partial charge on any atom is -0.477 e. The van der Waals surface area contributed by atoms with Crippen LogP contribution in [0.2, 0.25) is 0 Å². The Hall–Kier alpha value is -2.43. The number of pyridine rings is 1. The van der Waals surface area contributed by atoms with Gasteiger partial charge in [-0.05, 0) is 29.3 Å². The highest BCUT2D eigenvalue weighted by atomic mass is 19.1. The minimum absolute atomic E-state index is 0.306. The second-order valence-corrected chi connectivity index (χ2v) is 3.87. The summed E-state index contributed by atoms with van der Waals surface area (Å²) in [7, 11) is 1.47. The Morgan fingerprint density at radius 1 is 1.22 bits per heavy atom. The number of rotatable bonds is 2. The molecule has 0 fully saturated rings. The molecule has 0 saturated carbocycles. The number of carboxylic acid groups (broad SMARTS) is 1. The van der Waals surface area contributed by atoms with Crippen LogP contribution in [0.15, 0.2) is 41.3 Å². The van der Waals surface area contributed by atoms with Crippen molar-refractivity contribution >= 4 is 5.97 Å². The molecule has 0 bridgehead atoms. The third kappa shape index (κ3) is 2.15. The molecule has 0 radical (unpaired) electrons. The van der Waals surface area contributed by atoms with E-state index in [2.05, 4.69) is 0 Å². The van der Waals surface area contributed by atoms with Crippen LogP contribution in [0.3, 0.4) is 0 Å². The maximum absolute atomic E-state index is 12.8. The van der Waals surface area contributed by atoms with Gasteiger partial charge in [0.25, 0.3) is 5.56 Å². The number of halogens is 1. The summed E-state index contributed by atoms with van der Waals surface area (Å²) >= 11 is 0. The first-order chi connectivity index (χ1) is 8.49. The molecule has 0 unspecified atom stereocenters. The summed E-state index contributed by atoms with van der Waals surface area (Å²) < 4.78 is 14.0.